The Morgan fingerprint density at radius 3 is 2.05 bits per heavy atom. The van der Waals surface area contributed by atoms with E-state index in [2.05, 4.69) is 147 Å². The van der Waals surface area contributed by atoms with Crippen LogP contribution in [0.4, 0.5) is 11.4 Å². The number of benzene rings is 4. The number of rotatable bonds is 9. The molecule has 0 spiro atoms. The molecule has 0 radical (unpaired) electrons. The van der Waals surface area contributed by atoms with Gasteiger partial charge in [0.2, 0.25) is 5.69 Å². The molecule has 3 heteroatoms. The highest BCUT2D eigenvalue weighted by atomic mass is 16.2. The summed E-state index contributed by atoms with van der Waals surface area (Å²) < 4.78 is 2.35. The third-order valence-corrected chi connectivity index (χ3v) is 9.67. The zero-order valence-corrected chi connectivity index (χ0v) is 26.4. The van der Waals surface area contributed by atoms with Crippen LogP contribution in [0.5, 0.6) is 0 Å². The second kappa shape index (κ2) is 12.6. The van der Waals surface area contributed by atoms with Gasteiger partial charge in [-0.25, -0.2) is 0 Å². The van der Waals surface area contributed by atoms with Crippen molar-refractivity contribution in [3.05, 3.63) is 120 Å². The van der Waals surface area contributed by atoms with E-state index in [1.807, 2.05) is 0 Å². The minimum atomic E-state index is -0.111. The van der Waals surface area contributed by atoms with Crippen molar-refractivity contribution in [1.29, 1.82) is 0 Å². The zero-order chi connectivity index (χ0) is 30.2. The number of allylic oxidation sites excluding steroid dienone is 6. The van der Waals surface area contributed by atoms with Crippen LogP contribution in [-0.4, -0.2) is 35.6 Å². The van der Waals surface area contributed by atoms with Gasteiger partial charge in [0.15, 0.2) is 5.71 Å². The summed E-state index contributed by atoms with van der Waals surface area (Å²) in [7, 11) is 2.19. The topological polar surface area (TPSA) is 26.5 Å². The number of unbranched alkanes of at least 4 members (excludes halogenated alkanes) is 3. The van der Waals surface area contributed by atoms with Crippen molar-refractivity contribution in [2.45, 2.75) is 71.6 Å². The lowest BCUT2D eigenvalue weighted by Crippen LogP contribution is -2.27. The third kappa shape index (κ3) is 5.32. The lowest BCUT2D eigenvalue weighted by Gasteiger charge is -2.27. The molecule has 2 aliphatic heterocycles. The summed E-state index contributed by atoms with van der Waals surface area (Å²) in [5.41, 5.74) is 7.91. The molecular formula is C41H49N2O+. The average molecular weight is 586 g/mol. The second-order valence-electron chi connectivity index (χ2n) is 13.1. The summed E-state index contributed by atoms with van der Waals surface area (Å²) in [5, 5.41) is 14.5. The van der Waals surface area contributed by atoms with Gasteiger partial charge in [-0.2, -0.15) is 4.58 Å². The van der Waals surface area contributed by atoms with Gasteiger partial charge in [-0.15, -0.1) is 0 Å². The van der Waals surface area contributed by atoms with E-state index in [0.717, 1.165) is 32.2 Å². The van der Waals surface area contributed by atoms with Crippen LogP contribution in [0, 0.1) is 0 Å². The fraction of sp³-hybridized carbons (Fsp3) is 0.341. The van der Waals surface area contributed by atoms with Crippen molar-refractivity contribution >= 4 is 38.6 Å². The van der Waals surface area contributed by atoms with Crippen LogP contribution in [0.3, 0.4) is 0 Å². The molecule has 228 valence electrons. The highest BCUT2D eigenvalue weighted by Crippen LogP contribution is 2.51. The van der Waals surface area contributed by atoms with Gasteiger partial charge in [-0.1, -0.05) is 107 Å². The maximum atomic E-state index is 9.22. The number of aliphatic hydroxyl groups is 1. The van der Waals surface area contributed by atoms with E-state index >= 15 is 0 Å². The summed E-state index contributed by atoms with van der Waals surface area (Å²) in [5.74, 6) is 0. The van der Waals surface area contributed by atoms with Crippen molar-refractivity contribution in [3.8, 4) is 0 Å². The Kier molecular flexibility index (Phi) is 9.00. The summed E-state index contributed by atoms with van der Waals surface area (Å²) in [4.78, 5) is 2.54. The Hall–Kier alpha value is -3.95. The molecule has 2 aliphatic rings. The van der Waals surface area contributed by atoms with Crippen molar-refractivity contribution in [2.24, 2.45) is 0 Å². The molecule has 0 amide bonds. The molecule has 0 saturated heterocycles. The molecule has 0 aromatic heterocycles. The van der Waals surface area contributed by atoms with Crippen LogP contribution >= 0.6 is 0 Å². The van der Waals surface area contributed by atoms with E-state index in [9.17, 15) is 5.11 Å². The van der Waals surface area contributed by atoms with Gasteiger partial charge in [0.1, 0.15) is 7.05 Å². The maximum absolute atomic E-state index is 9.22. The first-order valence-corrected chi connectivity index (χ1v) is 15.9. The van der Waals surface area contributed by atoms with Crippen molar-refractivity contribution in [1.82, 2.24) is 0 Å². The molecule has 0 fully saturated rings. The van der Waals surface area contributed by atoms with Gasteiger partial charge in [0, 0.05) is 47.7 Å². The monoisotopic (exact) mass is 585 g/mol. The van der Waals surface area contributed by atoms with Gasteiger partial charge < -0.3 is 10.0 Å². The number of aliphatic hydroxyl groups excluding tert-OH is 1. The summed E-state index contributed by atoms with van der Waals surface area (Å²) in [6, 6.07) is 26.6. The molecule has 1 N–H and O–H groups in total. The largest absolute Gasteiger partial charge is 0.396 e. The van der Waals surface area contributed by atoms with Crippen molar-refractivity contribution in [3.63, 3.8) is 0 Å². The molecule has 4 aromatic carbocycles. The lowest BCUT2D eigenvalue weighted by molar-refractivity contribution is -0.401. The number of nitrogens with zero attached hydrogens (tertiary/aromatic N) is 2. The number of fused-ring (bicyclic) bond motifs is 6. The van der Waals surface area contributed by atoms with E-state index < -0.39 is 0 Å². The zero-order valence-electron chi connectivity index (χ0n) is 26.4. The first-order valence-electron chi connectivity index (χ1n) is 15.9. The Morgan fingerprint density at radius 1 is 0.705 bits per heavy atom. The van der Waals surface area contributed by atoms with Crippen LogP contribution in [0.15, 0.2) is 109 Å². The first kappa shape index (κ1) is 31.5. The Labute approximate surface area is 264 Å². The molecule has 44 heavy (non-hydrogen) atoms. The molecule has 0 bridgehead atoms. The Balaban J connectivity index is 0.00000384. The quantitative estimate of drug-likeness (QED) is 0.120. The molecular weight excluding hydrogens is 536 g/mol. The number of hydrogen-bond donors (Lipinski definition) is 1. The van der Waals surface area contributed by atoms with Gasteiger partial charge in [-0.3, -0.25) is 0 Å². The van der Waals surface area contributed by atoms with Gasteiger partial charge in [0.25, 0.3) is 0 Å². The molecule has 3 nitrogen and oxygen atoms in total. The van der Waals surface area contributed by atoms with E-state index in [0.29, 0.717) is 0 Å². The molecule has 4 aromatic rings. The van der Waals surface area contributed by atoms with E-state index in [1.54, 1.807) is 0 Å². The molecule has 0 atom stereocenters. The van der Waals surface area contributed by atoms with Crippen LogP contribution in [0.1, 0.15) is 71.9 Å². The predicted molar refractivity (Wildman–Crippen MR) is 191 cm³/mol. The molecule has 6 rings (SSSR count). The van der Waals surface area contributed by atoms with E-state index in [1.165, 1.54) is 55.5 Å². The fourth-order valence-electron chi connectivity index (χ4n) is 7.56. The minimum Gasteiger partial charge on any atom is -0.396 e. The van der Waals surface area contributed by atoms with Crippen molar-refractivity contribution in [2.75, 3.05) is 25.1 Å². The summed E-state index contributed by atoms with van der Waals surface area (Å²) in [6.45, 7) is 10.7. The summed E-state index contributed by atoms with van der Waals surface area (Å²) in [6.07, 6.45) is 15.4. The standard InChI is InChI=1S/C40H45N2O.CH4/c1-39(2)35(41(5)33-25-23-29-17-11-13-19-31(29)37(33)39)21-9-8-10-22-36-40(3,4)38-32-20-14-12-18-30(32)24-26-34(38)42(36)27-15-6-7-16-28-43;/h8-14,17-26,43H,6-7,15-16,27-28H2,1-5H3;1H4/q+1;. The first-order chi connectivity index (χ1) is 20.8. The molecule has 2 heterocycles. The second-order valence-corrected chi connectivity index (χ2v) is 13.1. The third-order valence-electron chi connectivity index (χ3n) is 9.67. The highest BCUT2D eigenvalue weighted by Gasteiger charge is 2.44. The van der Waals surface area contributed by atoms with E-state index in [-0.39, 0.29) is 24.9 Å². The Morgan fingerprint density at radius 2 is 1.34 bits per heavy atom. The van der Waals surface area contributed by atoms with Crippen molar-refractivity contribution < 1.29 is 9.68 Å². The predicted octanol–water partition coefficient (Wildman–Crippen LogP) is 9.98. The maximum Gasteiger partial charge on any atom is 0.210 e. The Bertz CT molecular complexity index is 1800. The van der Waals surface area contributed by atoms with Gasteiger partial charge in [0.05, 0.1) is 5.41 Å². The summed E-state index contributed by atoms with van der Waals surface area (Å²) >= 11 is 0. The minimum absolute atomic E-state index is 0. The smallest absolute Gasteiger partial charge is 0.210 e. The van der Waals surface area contributed by atoms with Gasteiger partial charge in [-0.05, 0) is 72.0 Å². The lowest BCUT2D eigenvalue weighted by atomic mass is 9.79. The van der Waals surface area contributed by atoms with Crippen LogP contribution in [0.2, 0.25) is 0 Å². The van der Waals surface area contributed by atoms with Gasteiger partial charge >= 0.3 is 0 Å². The van der Waals surface area contributed by atoms with E-state index in [4.69, 9.17) is 0 Å². The molecule has 0 saturated carbocycles. The van der Waals surface area contributed by atoms with Crippen LogP contribution in [-0.2, 0) is 10.8 Å². The highest BCUT2D eigenvalue weighted by molar-refractivity contribution is 6.07. The average Bonchev–Trinajstić information content (AvgIpc) is 3.34. The molecule has 0 aliphatic carbocycles. The fourth-order valence-corrected chi connectivity index (χ4v) is 7.56. The van der Waals surface area contributed by atoms with Crippen LogP contribution < -0.4 is 4.90 Å². The van der Waals surface area contributed by atoms with Crippen LogP contribution in [0.25, 0.3) is 21.5 Å². The number of anilines is 1. The number of hydrogen-bond acceptors (Lipinski definition) is 2. The SMILES string of the molecule is C.C[N+]1=C(C=CC=CC=C2N(CCCCCCO)c3ccc4ccccc4c3C2(C)C)C(C)(C)c2c1ccc1ccccc21. The molecule has 0 unspecified atom stereocenters. The normalized spacial score (nSPS) is 17.8.